The van der Waals surface area contributed by atoms with Crippen LogP contribution in [0.5, 0.6) is 5.75 Å². The van der Waals surface area contributed by atoms with Crippen molar-refractivity contribution < 1.29 is 27.6 Å². The molecule has 0 saturated heterocycles. The molecule has 29 heavy (non-hydrogen) atoms. The van der Waals surface area contributed by atoms with E-state index in [1.54, 1.807) is 19.0 Å². The second kappa shape index (κ2) is 7.61. The minimum atomic E-state index is -4.80. The van der Waals surface area contributed by atoms with Crippen molar-refractivity contribution >= 4 is 23.0 Å². The van der Waals surface area contributed by atoms with E-state index in [9.17, 15) is 28.1 Å². The Hall–Kier alpha value is -3.30. The lowest BCUT2D eigenvalue weighted by Gasteiger charge is -2.31. The smallest absolute Gasteiger partial charge is 0.406 e. The highest BCUT2D eigenvalue weighted by Gasteiger charge is 2.32. The molecule has 10 heteroatoms. The average molecular weight is 409 g/mol. The Morgan fingerprint density at radius 2 is 1.93 bits per heavy atom. The quantitative estimate of drug-likeness (QED) is 0.560. The lowest BCUT2D eigenvalue weighted by Crippen LogP contribution is -2.36. The molecule has 2 aromatic rings. The first-order valence-corrected chi connectivity index (χ1v) is 8.73. The van der Waals surface area contributed by atoms with Crippen LogP contribution in [-0.2, 0) is 6.42 Å². The summed E-state index contributed by atoms with van der Waals surface area (Å²) in [6, 6.07) is 7.85. The van der Waals surface area contributed by atoms with Gasteiger partial charge in [-0.3, -0.25) is 14.9 Å². The minimum absolute atomic E-state index is 0.146. The summed E-state index contributed by atoms with van der Waals surface area (Å²) in [4.78, 5) is 26.9. The normalized spacial score (nSPS) is 13.6. The molecule has 0 aromatic heterocycles. The number of halogens is 3. The largest absolute Gasteiger partial charge is 0.573 e. The Morgan fingerprint density at radius 3 is 2.55 bits per heavy atom. The van der Waals surface area contributed by atoms with Crippen LogP contribution in [0.15, 0.2) is 36.4 Å². The number of hydrogen-bond donors (Lipinski definition) is 0. The number of alkyl halides is 3. The zero-order chi connectivity index (χ0) is 21.3. The molecular formula is C19H18F3N3O4. The number of carbonyl (C=O) groups is 1. The van der Waals surface area contributed by atoms with Crippen molar-refractivity contribution in [1.82, 2.24) is 0 Å². The topological polar surface area (TPSA) is 75.9 Å². The lowest BCUT2D eigenvalue weighted by atomic mass is 9.99. The third-order valence-corrected chi connectivity index (χ3v) is 4.55. The van der Waals surface area contributed by atoms with Gasteiger partial charge < -0.3 is 14.5 Å². The summed E-state index contributed by atoms with van der Waals surface area (Å²) in [6.07, 6.45) is -3.77. The number of non-ortho nitro benzene ring substituents is 1. The van der Waals surface area contributed by atoms with Gasteiger partial charge in [-0.1, -0.05) is 0 Å². The first-order valence-electron chi connectivity index (χ1n) is 8.73. The molecule has 0 aliphatic carbocycles. The zero-order valence-corrected chi connectivity index (χ0v) is 15.7. The van der Waals surface area contributed by atoms with Crippen molar-refractivity contribution in [2.75, 3.05) is 30.4 Å². The van der Waals surface area contributed by atoms with E-state index in [0.717, 1.165) is 6.07 Å². The van der Waals surface area contributed by atoms with Gasteiger partial charge in [0.1, 0.15) is 5.75 Å². The molecule has 0 fully saturated rings. The van der Waals surface area contributed by atoms with Crippen molar-refractivity contribution in [2.24, 2.45) is 0 Å². The van der Waals surface area contributed by atoms with Crippen molar-refractivity contribution in [3.63, 3.8) is 0 Å². The second-order valence-electron chi connectivity index (χ2n) is 6.75. The van der Waals surface area contributed by atoms with Crippen molar-refractivity contribution in [2.45, 2.75) is 19.2 Å². The predicted molar refractivity (Wildman–Crippen MR) is 101 cm³/mol. The minimum Gasteiger partial charge on any atom is -0.406 e. The highest BCUT2D eigenvalue weighted by Crippen LogP contribution is 2.35. The number of benzene rings is 2. The number of carbonyl (C=O) groups excluding carboxylic acids is 1. The van der Waals surface area contributed by atoms with Gasteiger partial charge >= 0.3 is 6.36 Å². The monoisotopic (exact) mass is 409 g/mol. The van der Waals surface area contributed by atoms with Crippen LogP contribution < -0.4 is 14.5 Å². The Morgan fingerprint density at radius 1 is 1.21 bits per heavy atom. The molecule has 1 heterocycles. The Bertz CT molecular complexity index is 960. The van der Waals surface area contributed by atoms with Crippen molar-refractivity contribution in [3.8, 4) is 5.75 Å². The summed E-state index contributed by atoms with van der Waals surface area (Å²) in [5.74, 6) is -0.808. The van der Waals surface area contributed by atoms with Crippen molar-refractivity contribution in [3.05, 3.63) is 57.6 Å². The molecule has 154 valence electrons. The van der Waals surface area contributed by atoms with E-state index >= 15 is 0 Å². The molecule has 0 saturated carbocycles. The number of hydrogen-bond acceptors (Lipinski definition) is 5. The Kier molecular flexibility index (Phi) is 5.36. The van der Waals surface area contributed by atoms with Crippen molar-refractivity contribution in [1.29, 1.82) is 0 Å². The fourth-order valence-corrected chi connectivity index (χ4v) is 3.33. The molecule has 7 nitrogen and oxygen atoms in total. The Balaban J connectivity index is 2.00. The Labute approximate surface area is 164 Å². The van der Waals surface area contributed by atoms with Gasteiger partial charge in [0.25, 0.3) is 11.6 Å². The van der Waals surface area contributed by atoms with E-state index in [-0.39, 0.29) is 17.0 Å². The van der Waals surface area contributed by atoms with E-state index in [1.165, 1.54) is 35.2 Å². The number of amides is 1. The molecule has 3 rings (SSSR count). The first kappa shape index (κ1) is 20.4. The van der Waals surface area contributed by atoms with E-state index in [1.807, 2.05) is 0 Å². The molecular weight excluding hydrogens is 391 g/mol. The number of nitro benzene ring substituents is 1. The number of nitrogens with zero attached hydrogens (tertiary/aromatic N) is 3. The number of fused-ring (bicyclic) bond motifs is 1. The fourth-order valence-electron chi connectivity index (χ4n) is 3.33. The summed E-state index contributed by atoms with van der Waals surface area (Å²) in [6.45, 7) is 0.348. The van der Waals surface area contributed by atoms with Gasteiger partial charge in [-0.2, -0.15) is 0 Å². The van der Waals surface area contributed by atoms with E-state index in [0.29, 0.717) is 36.3 Å². The number of anilines is 2. The number of aryl methyl sites for hydroxylation is 1. The van der Waals surface area contributed by atoms with Crippen LogP contribution in [0.3, 0.4) is 0 Å². The summed E-state index contributed by atoms with van der Waals surface area (Å²) < 4.78 is 41.4. The van der Waals surface area contributed by atoms with Crippen LogP contribution in [-0.4, -0.2) is 37.8 Å². The van der Waals surface area contributed by atoms with E-state index in [4.69, 9.17) is 0 Å². The lowest BCUT2D eigenvalue weighted by molar-refractivity contribution is -0.384. The number of nitro groups is 1. The summed E-state index contributed by atoms with van der Waals surface area (Å²) in [5.41, 5.74) is 1.44. The molecule has 1 aliphatic rings. The maximum Gasteiger partial charge on any atom is 0.573 e. The molecule has 0 unspecified atom stereocenters. The van der Waals surface area contributed by atoms with Crippen LogP contribution in [0.4, 0.5) is 30.2 Å². The van der Waals surface area contributed by atoms with E-state index < -0.39 is 17.2 Å². The van der Waals surface area contributed by atoms with Gasteiger partial charge in [0.15, 0.2) is 0 Å². The SMILES string of the molecule is CN(C)c1ccc([N+](=O)[O-])cc1C(=O)N1CCCc2cc(OC(F)(F)F)ccc21. The standard InChI is InChI=1S/C19H18F3N3O4/c1-23(2)17-7-5-13(25(27)28)11-15(17)18(26)24-9-3-4-12-10-14(6-8-16(12)24)29-19(20,21)22/h5-8,10-11H,3-4,9H2,1-2H3. The zero-order valence-electron chi connectivity index (χ0n) is 15.7. The first-order chi connectivity index (χ1) is 13.6. The van der Waals surface area contributed by atoms with Crippen LogP contribution in [0.2, 0.25) is 0 Å². The molecule has 1 amide bonds. The maximum absolute atomic E-state index is 13.2. The predicted octanol–water partition coefficient (Wildman–Crippen LogP) is 4.15. The maximum atomic E-state index is 13.2. The van der Waals surface area contributed by atoms with Gasteiger partial charge in [-0.25, -0.2) is 0 Å². The highest BCUT2D eigenvalue weighted by molar-refractivity contribution is 6.10. The third-order valence-electron chi connectivity index (χ3n) is 4.55. The van der Waals surface area contributed by atoms with E-state index in [2.05, 4.69) is 4.74 Å². The second-order valence-corrected chi connectivity index (χ2v) is 6.75. The molecule has 0 atom stereocenters. The molecule has 2 aromatic carbocycles. The van der Waals surface area contributed by atoms with Gasteiger partial charge in [0, 0.05) is 44.1 Å². The average Bonchev–Trinajstić information content (AvgIpc) is 2.64. The number of rotatable bonds is 4. The van der Waals surface area contributed by atoms with Gasteiger partial charge in [0.2, 0.25) is 0 Å². The van der Waals surface area contributed by atoms with Crippen LogP contribution >= 0.6 is 0 Å². The molecule has 0 bridgehead atoms. The summed E-state index contributed by atoms with van der Waals surface area (Å²) in [7, 11) is 3.42. The van der Waals surface area contributed by atoms with Gasteiger partial charge in [-0.15, -0.1) is 13.2 Å². The fraction of sp³-hybridized carbons (Fsp3) is 0.316. The summed E-state index contributed by atoms with van der Waals surface area (Å²) in [5, 5.41) is 11.1. The van der Waals surface area contributed by atoms with Gasteiger partial charge in [0.05, 0.1) is 10.5 Å². The van der Waals surface area contributed by atoms with Crippen LogP contribution in [0.25, 0.3) is 0 Å². The summed E-state index contributed by atoms with van der Waals surface area (Å²) >= 11 is 0. The molecule has 0 radical (unpaired) electrons. The van der Waals surface area contributed by atoms with Crippen LogP contribution in [0.1, 0.15) is 22.3 Å². The number of ether oxygens (including phenoxy) is 1. The highest BCUT2D eigenvalue weighted by atomic mass is 19.4. The molecule has 1 aliphatic heterocycles. The third kappa shape index (κ3) is 4.41. The molecule has 0 spiro atoms. The van der Waals surface area contributed by atoms with Crippen LogP contribution in [0, 0.1) is 10.1 Å². The molecule has 0 N–H and O–H groups in total. The van der Waals surface area contributed by atoms with Gasteiger partial charge in [-0.05, 0) is 42.7 Å².